The van der Waals surface area contributed by atoms with Gasteiger partial charge in [0.2, 0.25) is 11.0 Å². The van der Waals surface area contributed by atoms with E-state index in [-0.39, 0.29) is 12.3 Å². The average Bonchev–Trinajstić information content (AvgIpc) is 2.20. The van der Waals surface area contributed by atoms with E-state index in [0.29, 0.717) is 12.3 Å². The van der Waals surface area contributed by atoms with Gasteiger partial charge in [0.1, 0.15) is 0 Å². The van der Waals surface area contributed by atoms with E-state index in [2.05, 4.69) is 5.32 Å². The Bertz CT molecular complexity index is 277. The first kappa shape index (κ1) is 15.2. The Morgan fingerprint density at radius 2 is 2.12 bits per heavy atom. The van der Waals surface area contributed by atoms with E-state index < -0.39 is 10.8 Å². The van der Waals surface area contributed by atoms with E-state index in [1.165, 1.54) is 13.8 Å². The van der Waals surface area contributed by atoms with Gasteiger partial charge in [-0.15, -0.1) is 0 Å². The van der Waals surface area contributed by atoms with E-state index in [1.54, 1.807) is 19.1 Å². The zero-order valence-electron chi connectivity index (χ0n) is 9.88. The van der Waals surface area contributed by atoms with Gasteiger partial charge in [0, 0.05) is 25.6 Å². The summed E-state index contributed by atoms with van der Waals surface area (Å²) in [4.78, 5) is 22.0. The molecule has 1 atom stereocenters. The molecular weight excluding hydrogens is 229 g/mol. The topological polar surface area (TPSA) is 46.2 Å². The second kappa shape index (κ2) is 7.44. The fraction of sp³-hybridized carbons (Fsp3) is 0.636. The lowest BCUT2D eigenvalue weighted by Gasteiger charge is -2.16. The van der Waals surface area contributed by atoms with Crippen molar-refractivity contribution in [1.29, 1.82) is 0 Å². The number of carbonyl (C=O) groups is 2. The summed E-state index contributed by atoms with van der Waals surface area (Å²) in [7, 11) is 0. The summed E-state index contributed by atoms with van der Waals surface area (Å²) in [6, 6.07) is 0. The molecule has 0 aliphatic carbocycles. The van der Waals surface area contributed by atoms with Gasteiger partial charge in [-0.2, -0.15) is 0 Å². The average molecular weight is 247 g/mol. The standard InChI is InChI=1S/C11H18FNO2S/c1-4-5-6-11(3,12)10(15)16-8-7-13-9(2)14/h4-5H,6-8H2,1-3H3,(H,13,14)/b5-4+. The van der Waals surface area contributed by atoms with Gasteiger partial charge in [-0.3, -0.25) is 9.59 Å². The number of thioether (sulfide) groups is 1. The van der Waals surface area contributed by atoms with Gasteiger partial charge in [-0.25, -0.2) is 4.39 Å². The van der Waals surface area contributed by atoms with Gasteiger partial charge in [-0.05, 0) is 13.8 Å². The number of halogens is 1. The summed E-state index contributed by atoms with van der Waals surface area (Å²) in [6.07, 6.45) is 3.44. The molecule has 92 valence electrons. The SMILES string of the molecule is C/C=C/CC(C)(F)C(=O)SCCNC(C)=O. The summed E-state index contributed by atoms with van der Waals surface area (Å²) >= 11 is 0.913. The first-order valence-corrected chi connectivity index (χ1v) is 6.10. The Balaban J connectivity index is 3.90. The molecule has 1 amide bonds. The largest absolute Gasteiger partial charge is 0.356 e. The predicted molar refractivity (Wildman–Crippen MR) is 65.1 cm³/mol. The molecule has 1 unspecified atom stereocenters. The van der Waals surface area contributed by atoms with Crippen molar-refractivity contribution in [3.05, 3.63) is 12.2 Å². The molecule has 0 heterocycles. The third-order valence-corrected chi connectivity index (χ3v) is 2.97. The molecule has 0 aromatic carbocycles. The zero-order valence-corrected chi connectivity index (χ0v) is 10.7. The molecule has 0 radical (unpaired) electrons. The molecular formula is C11H18FNO2S. The van der Waals surface area contributed by atoms with Gasteiger partial charge in [0.25, 0.3) is 0 Å². The molecule has 5 heteroatoms. The van der Waals surface area contributed by atoms with Crippen LogP contribution in [0.15, 0.2) is 12.2 Å². The lowest BCUT2D eigenvalue weighted by Crippen LogP contribution is -2.29. The number of amides is 1. The Labute approximate surface area is 99.9 Å². The van der Waals surface area contributed by atoms with Crippen molar-refractivity contribution >= 4 is 22.8 Å². The third kappa shape index (κ3) is 6.61. The molecule has 3 nitrogen and oxygen atoms in total. The highest BCUT2D eigenvalue weighted by molar-refractivity contribution is 8.13. The van der Waals surface area contributed by atoms with E-state index in [0.717, 1.165) is 11.8 Å². The predicted octanol–water partition coefficient (Wildman–Crippen LogP) is 2.08. The van der Waals surface area contributed by atoms with Crippen molar-refractivity contribution in [2.24, 2.45) is 0 Å². The van der Waals surface area contributed by atoms with Gasteiger partial charge < -0.3 is 5.32 Å². The number of alkyl halides is 1. The highest BCUT2D eigenvalue weighted by atomic mass is 32.2. The first-order valence-electron chi connectivity index (χ1n) is 5.12. The van der Waals surface area contributed by atoms with Crippen LogP contribution in [0.5, 0.6) is 0 Å². The van der Waals surface area contributed by atoms with Crippen LogP contribution in [0.3, 0.4) is 0 Å². The number of hydrogen-bond acceptors (Lipinski definition) is 3. The molecule has 0 aliphatic heterocycles. The summed E-state index contributed by atoms with van der Waals surface area (Å²) < 4.78 is 13.7. The van der Waals surface area contributed by atoms with Crippen molar-refractivity contribution < 1.29 is 14.0 Å². The van der Waals surface area contributed by atoms with Crippen molar-refractivity contribution in [3.63, 3.8) is 0 Å². The molecule has 0 aromatic rings. The number of rotatable bonds is 6. The van der Waals surface area contributed by atoms with Crippen molar-refractivity contribution in [2.45, 2.75) is 32.9 Å². The van der Waals surface area contributed by atoms with Crippen LogP contribution in [0, 0.1) is 0 Å². The van der Waals surface area contributed by atoms with Crippen molar-refractivity contribution in [3.8, 4) is 0 Å². The van der Waals surface area contributed by atoms with E-state index in [1.807, 2.05) is 0 Å². The van der Waals surface area contributed by atoms with Crippen molar-refractivity contribution in [1.82, 2.24) is 5.32 Å². The quantitative estimate of drug-likeness (QED) is 0.577. The van der Waals surface area contributed by atoms with Gasteiger partial charge in [0.05, 0.1) is 0 Å². The third-order valence-electron chi connectivity index (χ3n) is 1.87. The number of nitrogens with one attached hydrogen (secondary N) is 1. The molecule has 0 saturated heterocycles. The fourth-order valence-corrected chi connectivity index (χ4v) is 1.72. The summed E-state index contributed by atoms with van der Waals surface area (Å²) in [5.74, 6) is 0.248. The van der Waals surface area contributed by atoms with Crippen LogP contribution >= 0.6 is 11.8 Å². The molecule has 0 aliphatic rings. The number of carbonyl (C=O) groups excluding carboxylic acids is 2. The smallest absolute Gasteiger partial charge is 0.226 e. The number of allylic oxidation sites excluding steroid dienone is 2. The minimum absolute atomic E-state index is 0.0927. The molecule has 0 spiro atoms. The van der Waals surface area contributed by atoms with Crippen LogP contribution < -0.4 is 5.32 Å². The zero-order chi connectivity index (χ0) is 12.6. The van der Waals surface area contributed by atoms with Crippen molar-refractivity contribution in [2.75, 3.05) is 12.3 Å². The maximum Gasteiger partial charge on any atom is 0.226 e. The lowest BCUT2D eigenvalue weighted by atomic mass is 10.1. The molecule has 0 aromatic heterocycles. The molecule has 16 heavy (non-hydrogen) atoms. The van der Waals surface area contributed by atoms with Gasteiger partial charge in [-0.1, -0.05) is 23.9 Å². The summed E-state index contributed by atoms with van der Waals surface area (Å²) in [5.41, 5.74) is -1.83. The molecule has 0 rings (SSSR count). The van der Waals surface area contributed by atoms with Gasteiger partial charge in [0.15, 0.2) is 5.67 Å². The summed E-state index contributed by atoms with van der Waals surface area (Å²) in [5, 5.41) is 2.06. The Morgan fingerprint density at radius 3 is 2.62 bits per heavy atom. The summed E-state index contributed by atoms with van der Waals surface area (Å²) in [6.45, 7) is 4.84. The van der Waals surface area contributed by atoms with Crippen LogP contribution in [0.1, 0.15) is 27.2 Å². The molecule has 0 bridgehead atoms. The maximum atomic E-state index is 13.7. The molecule has 0 saturated carbocycles. The molecule has 1 N–H and O–H groups in total. The van der Waals surface area contributed by atoms with E-state index in [4.69, 9.17) is 0 Å². The van der Waals surface area contributed by atoms with Crippen LogP contribution in [0.2, 0.25) is 0 Å². The highest BCUT2D eigenvalue weighted by Gasteiger charge is 2.31. The minimum atomic E-state index is -1.83. The lowest BCUT2D eigenvalue weighted by molar-refractivity contribution is -0.120. The highest BCUT2D eigenvalue weighted by Crippen LogP contribution is 2.23. The van der Waals surface area contributed by atoms with Gasteiger partial charge >= 0.3 is 0 Å². The molecule has 0 fully saturated rings. The van der Waals surface area contributed by atoms with Crippen LogP contribution in [0.25, 0.3) is 0 Å². The Morgan fingerprint density at radius 1 is 1.50 bits per heavy atom. The Kier molecular flexibility index (Phi) is 7.05. The van der Waals surface area contributed by atoms with E-state index >= 15 is 0 Å². The number of hydrogen-bond donors (Lipinski definition) is 1. The van der Waals surface area contributed by atoms with Crippen LogP contribution in [0.4, 0.5) is 4.39 Å². The maximum absolute atomic E-state index is 13.7. The minimum Gasteiger partial charge on any atom is -0.356 e. The monoisotopic (exact) mass is 247 g/mol. The van der Waals surface area contributed by atoms with Crippen LogP contribution in [-0.2, 0) is 9.59 Å². The first-order chi connectivity index (χ1) is 7.40. The normalized spacial score (nSPS) is 14.8. The second-order valence-electron chi connectivity index (χ2n) is 3.59. The fourth-order valence-electron chi connectivity index (χ4n) is 0.944. The Hall–Kier alpha value is -0.840. The van der Waals surface area contributed by atoms with E-state index in [9.17, 15) is 14.0 Å². The second-order valence-corrected chi connectivity index (χ2v) is 4.66. The van der Waals surface area contributed by atoms with Crippen LogP contribution in [-0.4, -0.2) is 29.0 Å².